The third-order valence-corrected chi connectivity index (χ3v) is 2.31. The SMILES string of the molecule is C[C@@H]1CC(OC(=O)[C@H](C)N)C[C@H](C)O1. The van der Waals surface area contributed by atoms with Gasteiger partial charge in [-0.3, -0.25) is 4.79 Å². The number of carbonyl (C=O) groups is 1. The minimum Gasteiger partial charge on any atom is -0.461 e. The molecule has 4 atom stereocenters. The van der Waals surface area contributed by atoms with Gasteiger partial charge in [0.2, 0.25) is 0 Å². The highest BCUT2D eigenvalue weighted by Crippen LogP contribution is 2.21. The predicted octanol–water partition coefficient (Wildman–Crippen LogP) is 0.833. The fourth-order valence-electron chi connectivity index (χ4n) is 1.71. The topological polar surface area (TPSA) is 61.5 Å². The van der Waals surface area contributed by atoms with Gasteiger partial charge in [-0.2, -0.15) is 0 Å². The zero-order chi connectivity index (χ0) is 10.7. The van der Waals surface area contributed by atoms with Crippen LogP contribution in [0.4, 0.5) is 0 Å². The maximum Gasteiger partial charge on any atom is 0.322 e. The standard InChI is InChI=1S/C10H19NO3/c1-6-4-9(5-7(2)13-6)14-10(12)8(3)11/h6-9H,4-5,11H2,1-3H3/t6-,7+,8-,9?/m0/s1. The summed E-state index contributed by atoms with van der Waals surface area (Å²) in [5.41, 5.74) is 5.42. The number of hydrogen-bond acceptors (Lipinski definition) is 4. The first kappa shape index (κ1) is 11.5. The molecule has 2 N–H and O–H groups in total. The first-order valence-electron chi connectivity index (χ1n) is 5.10. The van der Waals surface area contributed by atoms with Crippen molar-refractivity contribution in [1.82, 2.24) is 0 Å². The molecule has 1 unspecified atom stereocenters. The van der Waals surface area contributed by atoms with E-state index in [1.54, 1.807) is 6.92 Å². The molecular formula is C10H19NO3. The highest BCUT2D eigenvalue weighted by Gasteiger charge is 2.27. The van der Waals surface area contributed by atoms with Crippen LogP contribution in [0.3, 0.4) is 0 Å². The van der Waals surface area contributed by atoms with Gasteiger partial charge < -0.3 is 15.2 Å². The van der Waals surface area contributed by atoms with E-state index in [-0.39, 0.29) is 24.3 Å². The van der Waals surface area contributed by atoms with Gasteiger partial charge in [0.05, 0.1) is 12.2 Å². The number of nitrogens with two attached hydrogens (primary N) is 1. The molecule has 0 bridgehead atoms. The Morgan fingerprint density at radius 3 is 2.36 bits per heavy atom. The van der Waals surface area contributed by atoms with E-state index in [2.05, 4.69) is 0 Å². The van der Waals surface area contributed by atoms with Crippen molar-refractivity contribution in [3.63, 3.8) is 0 Å². The van der Waals surface area contributed by atoms with E-state index in [4.69, 9.17) is 15.2 Å². The van der Waals surface area contributed by atoms with E-state index in [9.17, 15) is 4.79 Å². The molecule has 14 heavy (non-hydrogen) atoms. The van der Waals surface area contributed by atoms with Crippen molar-refractivity contribution in [2.45, 2.75) is 58.0 Å². The Hall–Kier alpha value is -0.610. The van der Waals surface area contributed by atoms with Crippen LogP contribution < -0.4 is 5.73 Å². The Morgan fingerprint density at radius 1 is 1.43 bits per heavy atom. The normalized spacial score (nSPS) is 35.0. The Morgan fingerprint density at radius 2 is 1.93 bits per heavy atom. The maximum atomic E-state index is 11.2. The molecule has 1 aliphatic rings. The zero-order valence-corrected chi connectivity index (χ0v) is 9.03. The molecule has 0 aliphatic carbocycles. The van der Waals surface area contributed by atoms with Crippen LogP contribution in [0.15, 0.2) is 0 Å². The summed E-state index contributed by atoms with van der Waals surface area (Å²) in [4.78, 5) is 11.2. The van der Waals surface area contributed by atoms with E-state index in [1.807, 2.05) is 13.8 Å². The number of carbonyl (C=O) groups excluding carboxylic acids is 1. The average Bonchev–Trinajstić information content (AvgIpc) is 2.01. The second-order valence-electron chi connectivity index (χ2n) is 4.08. The summed E-state index contributed by atoms with van der Waals surface area (Å²) >= 11 is 0. The van der Waals surface area contributed by atoms with Gasteiger partial charge in [0.15, 0.2) is 0 Å². The van der Waals surface area contributed by atoms with Crippen molar-refractivity contribution in [2.24, 2.45) is 5.73 Å². The van der Waals surface area contributed by atoms with E-state index < -0.39 is 6.04 Å². The molecule has 1 saturated heterocycles. The summed E-state index contributed by atoms with van der Waals surface area (Å²) in [7, 11) is 0. The monoisotopic (exact) mass is 201 g/mol. The molecule has 0 spiro atoms. The number of hydrogen-bond donors (Lipinski definition) is 1. The minimum atomic E-state index is -0.538. The van der Waals surface area contributed by atoms with Gasteiger partial charge in [0, 0.05) is 12.8 Å². The lowest BCUT2D eigenvalue weighted by Gasteiger charge is -2.31. The lowest BCUT2D eigenvalue weighted by Crippen LogP contribution is -2.39. The lowest BCUT2D eigenvalue weighted by molar-refractivity contribution is -0.160. The van der Waals surface area contributed by atoms with Crippen LogP contribution >= 0.6 is 0 Å². The quantitative estimate of drug-likeness (QED) is 0.672. The lowest BCUT2D eigenvalue weighted by atomic mass is 10.0. The Labute approximate surface area is 84.7 Å². The van der Waals surface area contributed by atoms with Crippen LogP contribution in [-0.4, -0.2) is 30.3 Å². The van der Waals surface area contributed by atoms with Gasteiger partial charge in [-0.1, -0.05) is 0 Å². The fourth-order valence-corrected chi connectivity index (χ4v) is 1.71. The van der Waals surface area contributed by atoms with Gasteiger partial charge >= 0.3 is 5.97 Å². The largest absolute Gasteiger partial charge is 0.461 e. The Kier molecular flexibility index (Phi) is 3.89. The van der Waals surface area contributed by atoms with Gasteiger partial charge in [-0.05, 0) is 20.8 Å². The van der Waals surface area contributed by atoms with E-state index in [0.29, 0.717) is 0 Å². The van der Waals surface area contributed by atoms with Crippen molar-refractivity contribution < 1.29 is 14.3 Å². The van der Waals surface area contributed by atoms with Crippen LogP contribution in [0, 0.1) is 0 Å². The first-order valence-corrected chi connectivity index (χ1v) is 5.10. The van der Waals surface area contributed by atoms with Crippen molar-refractivity contribution in [3.05, 3.63) is 0 Å². The van der Waals surface area contributed by atoms with Crippen LogP contribution in [0.25, 0.3) is 0 Å². The summed E-state index contributed by atoms with van der Waals surface area (Å²) in [5.74, 6) is -0.323. The number of esters is 1. The number of ether oxygens (including phenoxy) is 2. The molecule has 0 aromatic carbocycles. The fraction of sp³-hybridized carbons (Fsp3) is 0.900. The molecule has 0 saturated carbocycles. The molecule has 4 heteroatoms. The smallest absolute Gasteiger partial charge is 0.322 e. The molecule has 0 aromatic rings. The molecule has 1 aliphatic heterocycles. The molecule has 1 fully saturated rings. The molecule has 4 nitrogen and oxygen atoms in total. The first-order chi connectivity index (χ1) is 6.49. The van der Waals surface area contributed by atoms with Crippen LogP contribution in [-0.2, 0) is 14.3 Å². The summed E-state index contributed by atoms with van der Waals surface area (Å²) in [6, 6.07) is -0.538. The van der Waals surface area contributed by atoms with Gasteiger partial charge in [0.1, 0.15) is 12.1 Å². The van der Waals surface area contributed by atoms with E-state index >= 15 is 0 Å². The molecule has 82 valence electrons. The third kappa shape index (κ3) is 3.27. The summed E-state index contributed by atoms with van der Waals surface area (Å²) in [5, 5.41) is 0. The van der Waals surface area contributed by atoms with Crippen LogP contribution in [0.5, 0.6) is 0 Å². The summed E-state index contributed by atoms with van der Waals surface area (Å²) in [6.45, 7) is 5.61. The second-order valence-corrected chi connectivity index (χ2v) is 4.08. The highest BCUT2D eigenvalue weighted by molar-refractivity contribution is 5.75. The number of rotatable bonds is 2. The second kappa shape index (κ2) is 4.75. The Bertz CT molecular complexity index is 196. The zero-order valence-electron chi connectivity index (χ0n) is 9.03. The summed E-state index contributed by atoms with van der Waals surface area (Å²) < 4.78 is 10.8. The van der Waals surface area contributed by atoms with Gasteiger partial charge in [0.25, 0.3) is 0 Å². The average molecular weight is 201 g/mol. The minimum absolute atomic E-state index is 0.0350. The van der Waals surface area contributed by atoms with E-state index in [1.165, 1.54) is 0 Å². The Balaban J connectivity index is 2.40. The summed E-state index contributed by atoms with van der Waals surface area (Å²) in [6.07, 6.45) is 1.81. The van der Waals surface area contributed by atoms with Crippen molar-refractivity contribution >= 4 is 5.97 Å². The molecule has 0 aromatic heterocycles. The maximum absolute atomic E-state index is 11.2. The van der Waals surface area contributed by atoms with Crippen molar-refractivity contribution in [1.29, 1.82) is 0 Å². The highest BCUT2D eigenvalue weighted by atomic mass is 16.6. The molecule has 1 heterocycles. The molecule has 1 rings (SSSR count). The van der Waals surface area contributed by atoms with Gasteiger partial charge in [-0.15, -0.1) is 0 Å². The predicted molar refractivity (Wildman–Crippen MR) is 52.8 cm³/mol. The molecular weight excluding hydrogens is 182 g/mol. The van der Waals surface area contributed by atoms with Crippen molar-refractivity contribution in [3.8, 4) is 0 Å². The van der Waals surface area contributed by atoms with Crippen LogP contribution in [0.2, 0.25) is 0 Å². The molecule has 0 amide bonds. The third-order valence-electron chi connectivity index (χ3n) is 2.31. The van der Waals surface area contributed by atoms with Crippen LogP contribution in [0.1, 0.15) is 33.6 Å². The van der Waals surface area contributed by atoms with Gasteiger partial charge in [-0.25, -0.2) is 0 Å². The van der Waals surface area contributed by atoms with E-state index in [0.717, 1.165) is 12.8 Å². The molecule has 0 radical (unpaired) electrons. The van der Waals surface area contributed by atoms with Crippen molar-refractivity contribution in [2.75, 3.05) is 0 Å².